The molecule has 4 bridgehead atoms. The number of Topliss-reactive ketones (excluding diaryl/α,β-unsaturated/α-hetero) is 2. The molecular formula is C33H43NO6. The number of rotatable bonds is 8. The molecule has 5 aliphatic rings. The Balaban J connectivity index is 1.70. The second-order valence-electron chi connectivity index (χ2n) is 13.0. The van der Waals surface area contributed by atoms with Gasteiger partial charge in [-0.1, -0.05) is 29.4 Å². The summed E-state index contributed by atoms with van der Waals surface area (Å²) < 4.78 is 13.3. The standard InChI is InChI=1S/C33H43NO6/c1-17(2)9-10-21-26(35)14-27-28(29(21)36)30(37)24-13-22-23(15-34(19(5)6)20(7)8)25-16-39-32(31(22)38,12-11-18(3)4)33(24,25)40-27/h9,11,13-14,19-20,22-23,25,35-36H,10,12,15-16H2,1-8H3/t22-,23+,25-,32+,33-/m1/s1. The molecule has 216 valence electrons. The third-order valence-electron chi connectivity index (χ3n) is 9.41. The lowest BCUT2D eigenvalue weighted by Gasteiger charge is -2.59. The minimum atomic E-state index is -1.35. The number of allylic oxidation sites excluding steroid dienone is 4. The SMILES string of the molecule is CC(C)=CCc1c(O)cc2c(c1O)C(=O)C1=C[C@H]3C(=O)[C@]4(CC=C(C)C)OC[C@H]([C@H]3CN(C(C)C)C(C)C)[C@]14O2. The molecule has 2 N–H and O–H groups in total. The highest BCUT2D eigenvalue weighted by atomic mass is 16.6. The predicted molar refractivity (Wildman–Crippen MR) is 154 cm³/mol. The van der Waals surface area contributed by atoms with E-state index in [0.29, 0.717) is 25.1 Å². The zero-order valence-electron chi connectivity index (χ0n) is 25.0. The molecule has 6 rings (SSSR count). The van der Waals surface area contributed by atoms with Crippen molar-refractivity contribution in [2.24, 2.45) is 17.8 Å². The summed E-state index contributed by atoms with van der Waals surface area (Å²) in [5.41, 5.74) is 0.126. The molecule has 7 nitrogen and oxygen atoms in total. The molecule has 1 saturated heterocycles. The Hall–Kier alpha value is -2.90. The first-order valence-corrected chi connectivity index (χ1v) is 14.5. The summed E-state index contributed by atoms with van der Waals surface area (Å²) in [6.07, 6.45) is 6.26. The number of fused-ring (bicyclic) bond motifs is 1. The Morgan fingerprint density at radius 1 is 1.07 bits per heavy atom. The van der Waals surface area contributed by atoms with Crippen LogP contribution in [0.1, 0.15) is 77.7 Å². The first-order chi connectivity index (χ1) is 18.8. The summed E-state index contributed by atoms with van der Waals surface area (Å²) >= 11 is 0. The van der Waals surface area contributed by atoms with Crippen LogP contribution in [-0.4, -0.2) is 63.1 Å². The monoisotopic (exact) mass is 549 g/mol. The molecule has 1 spiro atoms. The van der Waals surface area contributed by atoms with E-state index in [4.69, 9.17) is 9.47 Å². The Morgan fingerprint density at radius 2 is 1.73 bits per heavy atom. The Labute approximate surface area is 237 Å². The van der Waals surface area contributed by atoms with Crippen molar-refractivity contribution >= 4 is 11.6 Å². The number of hydrogen-bond donors (Lipinski definition) is 2. The van der Waals surface area contributed by atoms with Gasteiger partial charge in [0.15, 0.2) is 22.8 Å². The molecule has 2 fully saturated rings. The molecule has 2 heterocycles. The number of aromatic hydroxyl groups is 2. The van der Waals surface area contributed by atoms with Gasteiger partial charge in [0.05, 0.1) is 6.61 Å². The molecule has 2 aliphatic heterocycles. The predicted octanol–water partition coefficient (Wildman–Crippen LogP) is 5.54. The van der Waals surface area contributed by atoms with Gasteiger partial charge < -0.3 is 19.7 Å². The van der Waals surface area contributed by atoms with E-state index in [1.165, 1.54) is 6.07 Å². The van der Waals surface area contributed by atoms with Crippen LogP contribution in [0.5, 0.6) is 17.2 Å². The van der Waals surface area contributed by atoms with Crippen molar-refractivity contribution < 1.29 is 29.3 Å². The number of nitrogens with zero attached hydrogens (tertiary/aromatic N) is 1. The van der Waals surface area contributed by atoms with Crippen LogP contribution in [0.15, 0.2) is 41.0 Å². The molecule has 5 atom stereocenters. The van der Waals surface area contributed by atoms with Crippen molar-refractivity contribution in [1.82, 2.24) is 4.90 Å². The molecule has 1 aromatic carbocycles. The normalized spacial score (nSPS) is 29.9. The number of hydrogen-bond acceptors (Lipinski definition) is 7. The van der Waals surface area contributed by atoms with Gasteiger partial charge in [-0.2, -0.15) is 0 Å². The van der Waals surface area contributed by atoms with E-state index in [1.807, 2.05) is 45.9 Å². The first-order valence-electron chi connectivity index (χ1n) is 14.5. The Bertz CT molecular complexity index is 1340. The highest BCUT2D eigenvalue weighted by Gasteiger charge is 2.79. The minimum absolute atomic E-state index is 0.0473. The molecular weight excluding hydrogens is 506 g/mol. The van der Waals surface area contributed by atoms with Gasteiger partial charge in [-0.15, -0.1) is 0 Å². The minimum Gasteiger partial charge on any atom is -0.507 e. The number of phenolic OH excluding ortho intramolecular Hbond substituents is 2. The van der Waals surface area contributed by atoms with Gasteiger partial charge >= 0.3 is 0 Å². The van der Waals surface area contributed by atoms with E-state index in [0.717, 1.165) is 11.1 Å². The lowest BCUT2D eigenvalue weighted by Crippen LogP contribution is -2.74. The smallest absolute Gasteiger partial charge is 0.200 e. The quantitative estimate of drug-likeness (QED) is 0.411. The van der Waals surface area contributed by atoms with E-state index < -0.39 is 17.1 Å². The molecule has 0 radical (unpaired) electrons. The fourth-order valence-electron chi connectivity index (χ4n) is 7.48. The molecule has 7 heteroatoms. The number of ketones is 2. The zero-order chi connectivity index (χ0) is 29.3. The van der Waals surface area contributed by atoms with Crippen LogP contribution in [0.2, 0.25) is 0 Å². The van der Waals surface area contributed by atoms with E-state index >= 15 is 0 Å². The average molecular weight is 550 g/mol. The van der Waals surface area contributed by atoms with Gasteiger partial charge in [0.1, 0.15) is 22.8 Å². The second kappa shape index (κ2) is 9.88. The van der Waals surface area contributed by atoms with Crippen LogP contribution < -0.4 is 4.74 Å². The average Bonchev–Trinajstić information content (AvgIpc) is 3.14. The fourth-order valence-corrected chi connectivity index (χ4v) is 7.48. The van der Waals surface area contributed by atoms with Crippen molar-refractivity contribution in [1.29, 1.82) is 0 Å². The Morgan fingerprint density at radius 3 is 2.33 bits per heavy atom. The molecule has 3 aliphatic carbocycles. The van der Waals surface area contributed by atoms with Crippen LogP contribution in [-0.2, 0) is 16.0 Å². The van der Waals surface area contributed by atoms with Gasteiger partial charge in [0.2, 0.25) is 0 Å². The maximum absolute atomic E-state index is 14.4. The Kier molecular flexibility index (Phi) is 7.07. The molecule has 1 saturated carbocycles. The molecule has 0 unspecified atom stereocenters. The van der Waals surface area contributed by atoms with Crippen LogP contribution in [0.3, 0.4) is 0 Å². The lowest BCUT2D eigenvalue weighted by molar-refractivity contribution is -0.171. The number of ether oxygens (including phenoxy) is 2. The van der Waals surface area contributed by atoms with Gasteiger partial charge in [-0.25, -0.2) is 0 Å². The highest BCUT2D eigenvalue weighted by molar-refractivity contribution is 6.18. The first kappa shape index (κ1) is 28.6. The number of phenols is 2. The molecule has 40 heavy (non-hydrogen) atoms. The van der Waals surface area contributed by atoms with Crippen molar-refractivity contribution in [3.05, 3.63) is 52.1 Å². The number of carbonyl (C=O) groups excluding carboxylic acids is 2. The third kappa shape index (κ3) is 3.92. The molecule has 1 aromatic rings. The summed E-state index contributed by atoms with van der Waals surface area (Å²) in [6.45, 7) is 17.4. The van der Waals surface area contributed by atoms with Crippen LogP contribution in [0.25, 0.3) is 0 Å². The fraction of sp³-hybridized carbons (Fsp3) is 0.576. The van der Waals surface area contributed by atoms with E-state index in [-0.39, 0.29) is 70.3 Å². The summed E-state index contributed by atoms with van der Waals surface area (Å²) in [5.74, 6) is -1.55. The van der Waals surface area contributed by atoms with E-state index in [2.05, 4.69) is 32.6 Å². The van der Waals surface area contributed by atoms with Gasteiger partial charge in [0, 0.05) is 54.1 Å². The van der Waals surface area contributed by atoms with E-state index in [1.54, 1.807) is 0 Å². The maximum atomic E-state index is 14.4. The summed E-state index contributed by atoms with van der Waals surface area (Å²) in [6, 6.07) is 1.98. The van der Waals surface area contributed by atoms with E-state index in [9.17, 15) is 19.8 Å². The van der Waals surface area contributed by atoms with Crippen molar-refractivity contribution in [2.75, 3.05) is 13.2 Å². The number of carbonyl (C=O) groups is 2. The largest absolute Gasteiger partial charge is 0.507 e. The maximum Gasteiger partial charge on any atom is 0.200 e. The molecule has 0 aromatic heterocycles. The number of benzene rings is 1. The summed E-state index contributed by atoms with van der Waals surface area (Å²) in [7, 11) is 0. The summed E-state index contributed by atoms with van der Waals surface area (Å²) in [4.78, 5) is 31.1. The third-order valence-corrected chi connectivity index (χ3v) is 9.41. The van der Waals surface area contributed by atoms with Crippen molar-refractivity contribution in [3.63, 3.8) is 0 Å². The van der Waals surface area contributed by atoms with Crippen molar-refractivity contribution in [3.8, 4) is 17.2 Å². The lowest BCUT2D eigenvalue weighted by atomic mass is 9.49. The van der Waals surface area contributed by atoms with Crippen LogP contribution in [0.4, 0.5) is 0 Å². The van der Waals surface area contributed by atoms with Crippen LogP contribution >= 0.6 is 0 Å². The summed E-state index contributed by atoms with van der Waals surface area (Å²) in [5, 5.41) is 22.2. The van der Waals surface area contributed by atoms with Gasteiger partial charge in [-0.05, 0) is 67.7 Å². The highest BCUT2D eigenvalue weighted by Crippen LogP contribution is 2.65. The van der Waals surface area contributed by atoms with Gasteiger partial charge in [0.25, 0.3) is 0 Å². The topological polar surface area (TPSA) is 96.3 Å². The van der Waals surface area contributed by atoms with Crippen LogP contribution in [0, 0.1) is 17.8 Å². The molecule has 0 amide bonds. The second-order valence-corrected chi connectivity index (χ2v) is 13.0. The zero-order valence-corrected chi connectivity index (χ0v) is 25.0. The van der Waals surface area contributed by atoms with Gasteiger partial charge in [-0.3, -0.25) is 14.5 Å². The van der Waals surface area contributed by atoms with Crippen molar-refractivity contribution in [2.45, 2.75) is 91.5 Å².